The summed E-state index contributed by atoms with van der Waals surface area (Å²) < 4.78 is 62.1. The summed E-state index contributed by atoms with van der Waals surface area (Å²) in [5.41, 5.74) is 0.431. The van der Waals surface area contributed by atoms with Gasteiger partial charge in [0.25, 0.3) is 0 Å². The van der Waals surface area contributed by atoms with Gasteiger partial charge in [-0.1, -0.05) is 32.9 Å². The van der Waals surface area contributed by atoms with Crippen LogP contribution in [-0.4, -0.2) is 72.7 Å². The zero-order valence-electron chi connectivity index (χ0n) is 30.2. The summed E-state index contributed by atoms with van der Waals surface area (Å²) in [6.45, 7) is 16.9. The molecule has 3 heterocycles. The van der Waals surface area contributed by atoms with Crippen LogP contribution in [0.5, 0.6) is 0 Å². The van der Waals surface area contributed by atoms with Crippen LogP contribution in [0.2, 0.25) is 18.1 Å². The summed E-state index contributed by atoms with van der Waals surface area (Å²) in [6, 6.07) is 6.60. The predicted molar refractivity (Wildman–Crippen MR) is 188 cm³/mol. The van der Waals surface area contributed by atoms with Gasteiger partial charge in [-0.25, -0.2) is 18.0 Å². The number of ether oxygens (including phenoxy) is 2. The van der Waals surface area contributed by atoms with Crippen molar-refractivity contribution < 1.29 is 36.7 Å². The molecule has 272 valence electrons. The molecule has 0 aliphatic carbocycles. The Morgan fingerprint density at radius 1 is 1.00 bits per heavy atom. The fourth-order valence-electron chi connectivity index (χ4n) is 5.42. The average molecular weight is 715 g/mol. The van der Waals surface area contributed by atoms with Crippen LogP contribution in [0, 0.1) is 17.5 Å². The summed E-state index contributed by atoms with van der Waals surface area (Å²) in [5, 5.41) is 2.74. The lowest BCUT2D eigenvalue weighted by molar-refractivity contribution is -0.116. The van der Waals surface area contributed by atoms with E-state index in [1.54, 1.807) is 25.7 Å². The van der Waals surface area contributed by atoms with E-state index < -0.39 is 55.4 Å². The second-order valence-electron chi connectivity index (χ2n) is 15.3. The Bertz CT molecular complexity index is 1630. The maximum atomic E-state index is 15.3. The summed E-state index contributed by atoms with van der Waals surface area (Å²) in [4.78, 5) is 36.2. The van der Waals surface area contributed by atoms with Gasteiger partial charge in [-0.15, -0.1) is 0 Å². The van der Waals surface area contributed by atoms with Gasteiger partial charge < -0.3 is 19.2 Å². The van der Waals surface area contributed by atoms with Crippen molar-refractivity contribution in [2.75, 3.05) is 25.1 Å². The molecule has 9 nitrogen and oxygen atoms in total. The van der Waals surface area contributed by atoms with Crippen molar-refractivity contribution >= 4 is 26.0 Å². The van der Waals surface area contributed by atoms with Crippen LogP contribution in [0.3, 0.4) is 0 Å². The number of hydrogen-bond acceptors (Lipinski definition) is 7. The second-order valence-corrected chi connectivity index (χ2v) is 20.1. The molecule has 0 radical (unpaired) electrons. The van der Waals surface area contributed by atoms with E-state index in [1.165, 1.54) is 42.7 Å². The fourth-order valence-corrected chi connectivity index (χ4v) is 6.46. The number of morpholine rings is 1. The smallest absolute Gasteiger partial charge is 0.410 e. The number of aromatic nitrogens is 2. The van der Waals surface area contributed by atoms with Gasteiger partial charge in [0.05, 0.1) is 56.2 Å². The zero-order chi connectivity index (χ0) is 36.9. The fraction of sp³-hybridized carbons (Fsp3) is 0.514. The Kier molecular flexibility index (Phi) is 12.5. The number of anilines is 1. The molecule has 1 fully saturated rings. The van der Waals surface area contributed by atoms with Crippen LogP contribution < -0.4 is 5.32 Å². The molecule has 13 heteroatoms. The van der Waals surface area contributed by atoms with Gasteiger partial charge in [0.15, 0.2) is 8.32 Å². The molecule has 1 aliphatic heterocycles. The first-order valence-electron chi connectivity index (χ1n) is 16.9. The first-order chi connectivity index (χ1) is 23.3. The third kappa shape index (κ3) is 10.4. The lowest BCUT2D eigenvalue weighted by atomic mass is 9.88. The van der Waals surface area contributed by atoms with Crippen LogP contribution in [0.1, 0.15) is 77.0 Å². The van der Waals surface area contributed by atoms with Gasteiger partial charge in [-0.2, -0.15) is 0 Å². The molecule has 0 saturated carbocycles. The Hall–Kier alpha value is -3.81. The summed E-state index contributed by atoms with van der Waals surface area (Å²) in [6.07, 6.45) is 4.28. The number of carbonyl (C=O) groups is 2. The van der Waals surface area contributed by atoms with Gasteiger partial charge in [0, 0.05) is 24.1 Å². The van der Waals surface area contributed by atoms with E-state index in [4.69, 9.17) is 13.9 Å². The molecule has 50 heavy (non-hydrogen) atoms. The minimum absolute atomic E-state index is 0.0133. The molecule has 4 rings (SSSR count). The van der Waals surface area contributed by atoms with E-state index in [1.807, 2.05) is 0 Å². The van der Waals surface area contributed by atoms with E-state index in [9.17, 15) is 18.4 Å². The average Bonchev–Trinajstić information content (AvgIpc) is 3.02. The van der Waals surface area contributed by atoms with Crippen molar-refractivity contribution in [2.24, 2.45) is 0 Å². The quantitative estimate of drug-likeness (QED) is 0.201. The van der Waals surface area contributed by atoms with Crippen molar-refractivity contribution in [1.82, 2.24) is 14.9 Å². The molecule has 3 aromatic rings. The van der Waals surface area contributed by atoms with Crippen molar-refractivity contribution in [2.45, 2.75) is 103 Å². The van der Waals surface area contributed by atoms with E-state index in [2.05, 4.69) is 49.1 Å². The van der Waals surface area contributed by atoms with Crippen LogP contribution in [0.25, 0.3) is 0 Å². The number of benzene rings is 1. The molecule has 3 atom stereocenters. The molecule has 0 bridgehead atoms. The summed E-state index contributed by atoms with van der Waals surface area (Å²) in [7, 11) is -2.11. The number of halogens is 3. The highest BCUT2D eigenvalue weighted by molar-refractivity contribution is 6.74. The number of amides is 2. The lowest BCUT2D eigenvalue weighted by Gasteiger charge is -2.43. The first kappa shape index (κ1) is 39.0. The second kappa shape index (κ2) is 16.0. The number of pyridine rings is 2. The first-order valence-corrected chi connectivity index (χ1v) is 19.8. The van der Waals surface area contributed by atoms with Gasteiger partial charge in [0.1, 0.15) is 23.1 Å². The van der Waals surface area contributed by atoms with Crippen LogP contribution in [-0.2, 0) is 25.1 Å². The molecule has 1 aromatic carbocycles. The molecule has 1 aliphatic rings. The maximum Gasteiger partial charge on any atom is 0.410 e. The summed E-state index contributed by atoms with van der Waals surface area (Å²) in [5.74, 6) is -2.96. The molecular weight excluding hydrogens is 666 g/mol. The van der Waals surface area contributed by atoms with E-state index in [0.29, 0.717) is 18.6 Å². The predicted octanol–water partition coefficient (Wildman–Crippen LogP) is 8.01. The number of carbonyl (C=O) groups excluding carboxylic acids is 2. The van der Waals surface area contributed by atoms with Crippen molar-refractivity contribution in [3.8, 4) is 0 Å². The monoisotopic (exact) mass is 714 g/mol. The van der Waals surface area contributed by atoms with E-state index >= 15 is 4.39 Å². The van der Waals surface area contributed by atoms with Crippen molar-refractivity contribution in [1.29, 1.82) is 0 Å². The van der Waals surface area contributed by atoms with Gasteiger partial charge >= 0.3 is 6.09 Å². The number of nitrogens with one attached hydrogen (secondary N) is 1. The Labute approximate surface area is 294 Å². The molecule has 2 amide bonds. The lowest BCUT2D eigenvalue weighted by Crippen LogP contribution is -2.56. The molecule has 0 unspecified atom stereocenters. The zero-order valence-corrected chi connectivity index (χ0v) is 31.2. The van der Waals surface area contributed by atoms with Crippen LogP contribution in [0.4, 0.5) is 23.7 Å². The number of nitrogens with zero attached hydrogens (tertiary/aromatic N) is 3. The standard InChI is InChI=1S/C37H49F3N4O5Si/c1-36(2,3)49-35(46)44-21-27(47-22-26(44)23-48-50(7,8)37(4,5)6)13-14-29-32(40)19-42-20-33(29)43-34(45)17-30(24-9-11-25(38)12-10-24)28-15-16-41-18-31(28)39/h9-12,15-16,18-20,26-27,30H,13-14,17,21-23H2,1-8H3,(H,43,45)/t26-,27+,30-/m0/s1. The van der Waals surface area contributed by atoms with Crippen LogP contribution >= 0.6 is 0 Å². The van der Waals surface area contributed by atoms with Gasteiger partial charge in [-0.05, 0) is 81.1 Å². The third-order valence-electron chi connectivity index (χ3n) is 9.27. The highest BCUT2D eigenvalue weighted by Crippen LogP contribution is 2.37. The topological polar surface area (TPSA) is 103 Å². The largest absolute Gasteiger partial charge is 0.444 e. The Balaban J connectivity index is 1.47. The highest BCUT2D eigenvalue weighted by Gasteiger charge is 2.41. The van der Waals surface area contributed by atoms with Crippen molar-refractivity contribution in [3.05, 3.63) is 89.3 Å². The van der Waals surface area contributed by atoms with Crippen LogP contribution in [0.15, 0.2) is 55.1 Å². The third-order valence-corrected chi connectivity index (χ3v) is 13.8. The van der Waals surface area contributed by atoms with Gasteiger partial charge in [0.2, 0.25) is 5.91 Å². The molecule has 2 aromatic heterocycles. The molecule has 1 N–H and O–H groups in total. The Morgan fingerprint density at radius 3 is 2.32 bits per heavy atom. The summed E-state index contributed by atoms with van der Waals surface area (Å²) >= 11 is 0. The minimum atomic E-state index is -2.11. The SMILES string of the molecule is CC(C)(C)OC(=O)N1C[C@@H](CCc2c(F)cncc2NC(=O)C[C@@H](c2ccc(F)cc2)c2ccncc2F)OC[C@H]1CO[Si](C)(C)C(C)(C)C. The normalized spacial score (nSPS) is 17.7. The number of hydrogen-bond donors (Lipinski definition) is 1. The molecule has 0 spiro atoms. The molecule has 1 saturated heterocycles. The van der Waals surface area contributed by atoms with Crippen molar-refractivity contribution in [3.63, 3.8) is 0 Å². The van der Waals surface area contributed by atoms with Gasteiger partial charge in [-0.3, -0.25) is 19.7 Å². The maximum absolute atomic E-state index is 15.3. The Morgan fingerprint density at radius 2 is 1.68 bits per heavy atom. The van der Waals surface area contributed by atoms with E-state index in [0.717, 1.165) is 12.4 Å². The highest BCUT2D eigenvalue weighted by atomic mass is 28.4. The minimum Gasteiger partial charge on any atom is -0.444 e. The number of rotatable bonds is 11. The van der Waals surface area contributed by atoms with E-state index in [-0.39, 0.29) is 53.9 Å². The molecular formula is C37H49F3N4O5Si.